The van der Waals surface area contributed by atoms with Gasteiger partial charge in [0.05, 0.1) is 18.5 Å². The fraction of sp³-hybridized carbons (Fsp3) is 0.0455. The van der Waals surface area contributed by atoms with Crippen LogP contribution in [0.25, 0.3) is 0 Å². The number of rotatable bonds is 6. The second-order valence-electron chi connectivity index (χ2n) is 6.73. The molecule has 0 spiro atoms. The minimum absolute atomic E-state index is 0.124. The summed E-state index contributed by atoms with van der Waals surface area (Å²) < 4.78 is 5.19. The molecule has 0 radical (unpaired) electrons. The van der Waals surface area contributed by atoms with Gasteiger partial charge in [-0.2, -0.15) is 0 Å². The third-order valence-electron chi connectivity index (χ3n) is 4.53. The molecule has 0 saturated heterocycles. The predicted molar refractivity (Wildman–Crippen MR) is 122 cm³/mol. The first-order valence-electron chi connectivity index (χ1n) is 9.26. The van der Waals surface area contributed by atoms with E-state index in [2.05, 4.69) is 10.6 Å². The average Bonchev–Trinajstić information content (AvgIpc) is 3.34. The number of benzene rings is 2. The highest BCUT2D eigenvalue weighted by Crippen LogP contribution is 2.33. The van der Waals surface area contributed by atoms with Crippen LogP contribution in [0, 0.1) is 0 Å². The molecule has 0 saturated carbocycles. The summed E-state index contributed by atoms with van der Waals surface area (Å²) in [6.07, 6.45) is 1.52. The van der Waals surface area contributed by atoms with Crippen molar-refractivity contribution < 1.29 is 18.8 Å². The molecule has 2 aromatic carbocycles. The Morgan fingerprint density at radius 3 is 2.38 bits per heavy atom. The third kappa shape index (κ3) is 4.50. The van der Waals surface area contributed by atoms with Gasteiger partial charge in [-0.05, 0) is 48.5 Å². The normalized spacial score (nSPS) is 13.7. The van der Waals surface area contributed by atoms with Crippen molar-refractivity contribution in [3.8, 4) is 0 Å². The molecule has 0 atom stereocenters. The number of furan rings is 1. The first-order valence-corrected chi connectivity index (χ1v) is 10.4. The summed E-state index contributed by atoms with van der Waals surface area (Å²) in [5.74, 6) is -1.12. The number of carbonyl (C=O) groups is 3. The Balaban J connectivity index is 1.52. The van der Waals surface area contributed by atoms with Crippen LogP contribution < -0.4 is 15.5 Å². The van der Waals surface area contributed by atoms with Crippen molar-refractivity contribution in [2.75, 3.05) is 10.2 Å². The molecule has 1 aromatic heterocycles. The molecule has 3 aromatic rings. The highest BCUT2D eigenvalue weighted by Gasteiger charge is 2.39. The Kier molecular flexibility index (Phi) is 6.23. The number of hydrogen-bond acceptors (Lipinski definition) is 5. The highest BCUT2D eigenvalue weighted by atomic mass is 35.5. The molecular formula is C22H14Cl3N3O4. The van der Waals surface area contributed by atoms with E-state index in [-0.39, 0.29) is 38.9 Å². The summed E-state index contributed by atoms with van der Waals surface area (Å²) in [5, 5.41) is 5.80. The molecule has 0 unspecified atom stereocenters. The van der Waals surface area contributed by atoms with Crippen LogP contribution in [0.1, 0.15) is 16.1 Å². The van der Waals surface area contributed by atoms with Crippen molar-refractivity contribution in [1.82, 2.24) is 5.32 Å². The van der Waals surface area contributed by atoms with Crippen LogP contribution in [0.5, 0.6) is 0 Å². The van der Waals surface area contributed by atoms with Gasteiger partial charge in [0.2, 0.25) is 0 Å². The molecular weight excluding hydrogens is 477 g/mol. The highest BCUT2D eigenvalue weighted by molar-refractivity contribution is 6.53. The average molecular weight is 491 g/mol. The zero-order chi connectivity index (χ0) is 22.8. The van der Waals surface area contributed by atoms with E-state index in [4.69, 9.17) is 39.2 Å². The van der Waals surface area contributed by atoms with E-state index in [1.54, 1.807) is 30.3 Å². The van der Waals surface area contributed by atoms with Gasteiger partial charge >= 0.3 is 0 Å². The van der Waals surface area contributed by atoms with E-state index in [1.165, 1.54) is 30.5 Å². The molecule has 0 fully saturated rings. The van der Waals surface area contributed by atoms with Crippen molar-refractivity contribution >= 4 is 63.9 Å². The van der Waals surface area contributed by atoms with Crippen LogP contribution >= 0.6 is 34.8 Å². The van der Waals surface area contributed by atoms with Gasteiger partial charge in [-0.15, -0.1) is 0 Å². The van der Waals surface area contributed by atoms with E-state index < -0.39 is 11.8 Å². The number of anilines is 2. The Morgan fingerprint density at radius 1 is 0.938 bits per heavy atom. The van der Waals surface area contributed by atoms with Crippen LogP contribution in [0.15, 0.2) is 76.0 Å². The molecule has 0 aliphatic carbocycles. The minimum atomic E-state index is -0.718. The van der Waals surface area contributed by atoms with Crippen molar-refractivity contribution in [2.45, 2.75) is 6.54 Å². The third-order valence-corrected chi connectivity index (χ3v) is 5.32. The summed E-state index contributed by atoms with van der Waals surface area (Å²) >= 11 is 18.1. The Labute approximate surface area is 197 Å². The van der Waals surface area contributed by atoms with E-state index in [9.17, 15) is 14.4 Å². The van der Waals surface area contributed by atoms with Crippen LogP contribution in [0.2, 0.25) is 10.0 Å². The quantitative estimate of drug-likeness (QED) is 0.477. The Morgan fingerprint density at radius 2 is 1.69 bits per heavy atom. The van der Waals surface area contributed by atoms with Crippen LogP contribution in [0.3, 0.4) is 0 Å². The van der Waals surface area contributed by atoms with Crippen LogP contribution in [0.4, 0.5) is 11.4 Å². The number of nitrogens with one attached hydrogen (secondary N) is 2. The van der Waals surface area contributed by atoms with Gasteiger partial charge in [-0.3, -0.25) is 14.4 Å². The fourth-order valence-corrected chi connectivity index (χ4v) is 3.81. The molecule has 4 rings (SSSR count). The molecule has 7 nitrogen and oxygen atoms in total. The maximum absolute atomic E-state index is 12.9. The van der Waals surface area contributed by atoms with Crippen LogP contribution in [-0.2, 0) is 16.1 Å². The van der Waals surface area contributed by atoms with Gasteiger partial charge in [-0.25, -0.2) is 4.90 Å². The van der Waals surface area contributed by atoms with Gasteiger partial charge in [0, 0.05) is 21.3 Å². The number of imide groups is 1. The lowest BCUT2D eigenvalue weighted by Gasteiger charge is -2.16. The van der Waals surface area contributed by atoms with Gasteiger partial charge in [-0.1, -0.05) is 40.9 Å². The van der Waals surface area contributed by atoms with Crippen molar-refractivity contribution in [3.05, 3.63) is 93.0 Å². The maximum Gasteiger partial charge on any atom is 0.283 e. The molecule has 32 heavy (non-hydrogen) atoms. The second kappa shape index (κ2) is 9.08. The lowest BCUT2D eigenvalue weighted by Crippen LogP contribution is -2.32. The number of halogens is 3. The molecule has 1 aliphatic rings. The Bertz CT molecular complexity index is 1230. The summed E-state index contributed by atoms with van der Waals surface area (Å²) in [7, 11) is 0. The minimum Gasteiger partial charge on any atom is -0.467 e. The molecule has 3 amide bonds. The van der Waals surface area contributed by atoms with E-state index in [1.807, 2.05) is 0 Å². The number of nitrogens with zero attached hydrogens (tertiary/aromatic N) is 1. The van der Waals surface area contributed by atoms with Crippen LogP contribution in [-0.4, -0.2) is 17.7 Å². The standard InChI is InChI=1S/C22H14Cl3N3O4/c23-13-8-14(24)10-16(9-13)28-21(30)18(25)19(22(28)31)27-15-4-1-3-12(7-15)20(29)26-11-17-5-2-6-32-17/h1-10,27H,11H2,(H,26,29). The van der Waals surface area contributed by atoms with Crippen molar-refractivity contribution in [1.29, 1.82) is 0 Å². The monoisotopic (exact) mass is 489 g/mol. The zero-order valence-corrected chi connectivity index (χ0v) is 18.5. The molecule has 2 heterocycles. The SMILES string of the molecule is O=C(NCc1ccco1)c1cccc(NC2=C(Cl)C(=O)N(c3cc(Cl)cc(Cl)c3)C2=O)c1. The largest absolute Gasteiger partial charge is 0.467 e. The Hall–Kier alpha value is -3.26. The molecule has 0 bridgehead atoms. The first-order chi connectivity index (χ1) is 15.3. The van der Waals surface area contributed by atoms with E-state index >= 15 is 0 Å². The molecule has 2 N–H and O–H groups in total. The first kappa shape index (κ1) is 22.0. The predicted octanol–water partition coefficient (Wildman–Crippen LogP) is 4.95. The van der Waals surface area contributed by atoms with E-state index in [0.29, 0.717) is 17.0 Å². The van der Waals surface area contributed by atoms with Gasteiger partial charge < -0.3 is 15.1 Å². The van der Waals surface area contributed by atoms with Gasteiger partial charge in [0.15, 0.2) is 0 Å². The molecule has 1 aliphatic heterocycles. The smallest absolute Gasteiger partial charge is 0.283 e. The number of carbonyl (C=O) groups excluding carboxylic acids is 3. The van der Waals surface area contributed by atoms with Crippen molar-refractivity contribution in [2.24, 2.45) is 0 Å². The number of amides is 3. The summed E-state index contributed by atoms with van der Waals surface area (Å²) in [4.78, 5) is 38.9. The summed E-state index contributed by atoms with van der Waals surface area (Å²) in [5.41, 5.74) is 0.809. The lowest BCUT2D eigenvalue weighted by atomic mass is 10.2. The fourth-order valence-electron chi connectivity index (χ4n) is 3.08. The molecule has 162 valence electrons. The van der Waals surface area contributed by atoms with Crippen molar-refractivity contribution in [3.63, 3.8) is 0 Å². The number of hydrogen-bond donors (Lipinski definition) is 2. The summed E-state index contributed by atoms with van der Waals surface area (Å²) in [6.45, 7) is 0.227. The lowest BCUT2D eigenvalue weighted by molar-refractivity contribution is -0.120. The zero-order valence-electron chi connectivity index (χ0n) is 16.2. The second-order valence-corrected chi connectivity index (χ2v) is 7.98. The molecule has 10 heteroatoms. The topological polar surface area (TPSA) is 91.7 Å². The van der Waals surface area contributed by atoms with E-state index in [0.717, 1.165) is 4.90 Å². The van der Waals surface area contributed by atoms with Gasteiger partial charge in [0.25, 0.3) is 17.7 Å². The maximum atomic E-state index is 12.9. The van der Waals surface area contributed by atoms with Gasteiger partial charge in [0.1, 0.15) is 16.5 Å². The summed E-state index contributed by atoms with van der Waals surface area (Å²) in [6, 6.07) is 14.2.